The molecule has 1 heterocycles. The van der Waals surface area contributed by atoms with E-state index in [0.717, 1.165) is 31.2 Å². The molecule has 1 fully saturated rings. The zero-order valence-corrected chi connectivity index (χ0v) is 14.7. The highest BCUT2D eigenvalue weighted by molar-refractivity contribution is 5.92. The second-order valence-corrected chi connectivity index (χ2v) is 6.62. The molecular formula is C17H24ClFN4O. The van der Waals surface area contributed by atoms with Crippen molar-refractivity contribution in [2.75, 3.05) is 11.9 Å². The summed E-state index contributed by atoms with van der Waals surface area (Å²) in [7, 11) is 1.81. The third kappa shape index (κ3) is 3.70. The molecule has 1 saturated carbocycles. The molecule has 1 aliphatic carbocycles. The van der Waals surface area contributed by atoms with E-state index in [4.69, 9.17) is 5.73 Å². The van der Waals surface area contributed by atoms with Crippen LogP contribution in [-0.4, -0.2) is 22.0 Å². The van der Waals surface area contributed by atoms with E-state index in [1.165, 1.54) is 18.6 Å². The number of fused-ring (bicyclic) bond motifs is 1. The van der Waals surface area contributed by atoms with Crippen LogP contribution >= 0.6 is 12.4 Å². The number of rotatable bonds is 4. The molecule has 0 unspecified atom stereocenters. The third-order valence-corrected chi connectivity index (χ3v) is 4.98. The number of aryl methyl sites for hydroxylation is 1. The van der Waals surface area contributed by atoms with Crippen LogP contribution in [0.5, 0.6) is 0 Å². The first kappa shape index (κ1) is 18.7. The number of aromatic nitrogens is 2. The van der Waals surface area contributed by atoms with Gasteiger partial charge in [-0.1, -0.05) is 19.3 Å². The van der Waals surface area contributed by atoms with Crippen molar-refractivity contribution in [2.45, 2.75) is 38.5 Å². The number of halogens is 2. The molecule has 0 atom stereocenters. The minimum atomic E-state index is -0.335. The van der Waals surface area contributed by atoms with E-state index in [0.29, 0.717) is 24.4 Å². The number of benzene rings is 1. The molecule has 0 saturated heterocycles. The van der Waals surface area contributed by atoms with Crippen molar-refractivity contribution in [1.82, 2.24) is 9.55 Å². The molecule has 132 valence electrons. The third-order valence-electron chi connectivity index (χ3n) is 4.98. The van der Waals surface area contributed by atoms with Gasteiger partial charge in [0.05, 0.1) is 11.0 Å². The fourth-order valence-electron chi connectivity index (χ4n) is 3.55. The molecule has 7 heteroatoms. The first-order chi connectivity index (χ1) is 11.0. The molecule has 5 nitrogen and oxygen atoms in total. The Morgan fingerprint density at radius 2 is 2.08 bits per heavy atom. The number of nitrogens with two attached hydrogens (primary N) is 1. The molecule has 0 bridgehead atoms. The summed E-state index contributed by atoms with van der Waals surface area (Å²) >= 11 is 0. The molecule has 0 aliphatic heterocycles. The van der Waals surface area contributed by atoms with Crippen LogP contribution in [0, 0.1) is 11.2 Å². The second kappa shape index (κ2) is 7.49. The predicted octanol–water partition coefficient (Wildman–Crippen LogP) is 3.37. The predicted molar refractivity (Wildman–Crippen MR) is 95.7 cm³/mol. The lowest BCUT2D eigenvalue weighted by Crippen LogP contribution is -2.36. The van der Waals surface area contributed by atoms with Gasteiger partial charge in [0.2, 0.25) is 11.9 Å². The summed E-state index contributed by atoms with van der Waals surface area (Å²) in [5.74, 6) is 0.0348. The number of imidazole rings is 1. The van der Waals surface area contributed by atoms with E-state index in [1.54, 1.807) is 10.6 Å². The number of anilines is 1. The molecule has 1 aliphatic rings. The highest BCUT2D eigenvalue weighted by atomic mass is 35.5. The SMILES string of the molecule is Cl.Cn1c(NC(=O)CC2(CN)CCCCC2)nc2cc(F)ccc21. The first-order valence-corrected chi connectivity index (χ1v) is 8.15. The number of nitrogens with zero attached hydrogens (tertiary/aromatic N) is 2. The highest BCUT2D eigenvalue weighted by Gasteiger charge is 2.33. The maximum absolute atomic E-state index is 13.3. The van der Waals surface area contributed by atoms with Gasteiger partial charge in [-0.25, -0.2) is 9.37 Å². The standard InChI is InChI=1S/C17H23FN4O.ClH/c1-22-14-6-5-12(18)9-13(14)20-16(22)21-15(23)10-17(11-19)7-3-2-4-8-17;/h5-6,9H,2-4,7-8,10-11,19H2,1H3,(H,20,21,23);1H. The van der Waals surface area contributed by atoms with Gasteiger partial charge in [-0.05, 0) is 36.9 Å². The van der Waals surface area contributed by atoms with Crippen molar-refractivity contribution in [3.05, 3.63) is 24.0 Å². The van der Waals surface area contributed by atoms with Gasteiger partial charge >= 0.3 is 0 Å². The number of nitrogens with one attached hydrogen (secondary N) is 1. The molecule has 3 N–H and O–H groups in total. The monoisotopic (exact) mass is 354 g/mol. The summed E-state index contributed by atoms with van der Waals surface area (Å²) in [4.78, 5) is 16.8. The first-order valence-electron chi connectivity index (χ1n) is 8.15. The summed E-state index contributed by atoms with van der Waals surface area (Å²) < 4.78 is 15.1. The molecule has 1 amide bonds. The lowest BCUT2D eigenvalue weighted by Gasteiger charge is -2.35. The number of hydrogen-bond acceptors (Lipinski definition) is 3. The smallest absolute Gasteiger partial charge is 0.227 e. The summed E-state index contributed by atoms with van der Waals surface area (Å²) in [6.07, 6.45) is 5.92. The Morgan fingerprint density at radius 1 is 1.38 bits per heavy atom. The van der Waals surface area contributed by atoms with E-state index in [2.05, 4.69) is 10.3 Å². The molecule has 2 aromatic rings. The van der Waals surface area contributed by atoms with Gasteiger partial charge in [0.1, 0.15) is 5.82 Å². The van der Waals surface area contributed by atoms with Crippen LogP contribution in [0.25, 0.3) is 11.0 Å². The summed E-state index contributed by atoms with van der Waals surface area (Å²) in [5, 5.41) is 2.86. The van der Waals surface area contributed by atoms with Crippen LogP contribution in [0.2, 0.25) is 0 Å². The van der Waals surface area contributed by atoms with Crippen LogP contribution in [0.4, 0.5) is 10.3 Å². The Bertz CT molecular complexity index is 725. The maximum atomic E-state index is 13.3. The zero-order valence-electron chi connectivity index (χ0n) is 13.8. The van der Waals surface area contributed by atoms with E-state index < -0.39 is 0 Å². The van der Waals surface area contributed by atoms with Gasteiger partial charge in [0.15, 0.2) is 0 Å². The van der Waals surface area contributed by atoms with Gasteiger partial charge in [-0.3, -0.25) is 10.1 Å². The Hall–Kier alpha value is -1.66. The van der Waals surface area contributed by atoms with Crippen molar-refractivity contribution >= 4 is 35.3 Å². The molecule has 0 spiro atoms. The average molecular weight is 355 g/mol. The van der Waals surface area contributed by atoms with Crippen molar-refractivity contribution in [2.24, 2.45) is 18.2 Å². The molecule has 1 aromatic carbocycles. The number of carbonyl (C=O) groups is 1. The van der Waals surface area contributed by atoms with E-state index in [1.807, 2.05) is 7.05 Å². The van der Waals surface area contributed by atoms with Crippen LogP contribution in [0.1, 0.15) is 38.5 Å². The van der Waals surface area contributed by atoms with Gasteiger partial charge < -0.3 is 10.3 Å². The summed E-state index contributed by atoms with van der Waals surface area (Å²) in [6, 6.07) is 4.42. The largest absolute Gasteiger partial charge is 0.330 e. The molecule has 1 aromatic heterocycles. The maximum Gasteiger partial charge on any atom is 0.227 e. The Labute approximate surface area is 147 Å². The molecule has 0 radical (unpaired) electrons. The normalized spacial score (nSPS) is 16.6. The van der Waals surface area contributed by atoms with Crippen molar-refractivity contribution in [1.29, 1.82) is 0 Å². The zero-order chi connectivity index (χ0) is 16.4. The van der Waals surface area contributed by atoms with Crippen molar-refractivity contribution in [3.63, 3.8) is 0 Å². The van der Waals surface area contributed by atoms with Gasteiger partial charge in [-0.2, -0.15) is 0 Å². The molecule has 3 rings (SSSR count). The van der Waals surface area contributed by atoms with Gasteiger partial charge in [0.25, 0.3) is 0 Å². The summed E-state index contributed by atoms with van der Waals surface area (Å²) in [6.45, 7) is 0.536. The minimum absolute atomic E-state index is 0. The average Bonchev–Trinajstić information content (AvgIpc) is 2.83. The topological polar surface area (TPSA) is 72.9 Å². The quantitative estimate of drug-likeness (QED) is 0.884. The highest BCUT2D eigenvalue weighted by Crippen LogP contribution is 2.38. The lowest BCUT2D eigenvalue weighted by molar-refractivity contribution is -0.118. The van der Waals surface area contributed by atoms with Crippen molar-refractivity contribution < 1.29 is 9.18 Å². The number of carbonyl (C=O) groups excluding carboxylic acids is 1. The van der Waals surface area contributed by atoms with Gasteiger partial charge in [-0.15, -0.1) is 12.4 Å². The van der Waals surface area contributed by atoms with E-state index in [-0.39, 0.29) is 29.5 Å². The Kier molecular flexibility index (Phi) is 5.83. The van der Waals surface area contributed by atoms with Gasteiger partial charge in [0, 0.05) is 19.5 Å². The van der Waals surface area contributed by atoms with E-state index >= 15 is 0 Å². The van der Waals surface area contributed by atoms with Crippen LogP contribution in [0.15, 0.2) is 18.2 Å². The minimum Gasteiger partial charge on any atom is -0.330 e. The number of amides is 1. The number of hydrogen-bond donors (Lipinski definition) is 2. The van der Waals surface area contributed by atoms with Crippen molar-refractivity contribution in [3.8, 4) is 0 Å². The molecule has 24 heavy (non-hydrogen) atoms. The lowest BCUT2D eigenvalue weighted by atomic mass is 9.72. The van der Waals surface area contributed by atoms with E-state index in [9.17, 15) is 9.18 Å². The van der Waals surface area contributed by atoms with Crippen LogP contribution in [0.3, 0.4) is 0 Å². The second-order valence-electron chi connectivity index (χ2n) is 6.62. The molecular weight excluding hydrogens is 331 g/mol. The Balaban J connectivity index is 0.00000208. The Morgan fingerprint density at radius 3 is 2.75 bits per heavy atom. The summed E-state index contributed by atoms with van der Waals surface area (Å²) in [5.41, 5.74) is 7.18. The fraction of sp³-hybridized carbons (Fsp3) is 0.529. The fourth-order valence-corrected chi connectivity index (χ4v) is 3.55. The van der Waals surface area contributed by atoms with Crippen LogP contribution < -0.4 is 11.1 Å². The van der Waals surface area contributed by atoms with Crippen LogP contribution in [-0.2, 0) is 11.8 Å².